The molecule has 0 saturated carbocycles. The fourth-order valence-corrected chi connectivity index (χ4v) is 3.90. The Labute approximate surface area is 159 Å². The molecule has 136 valence electrons. The van der Waals surface area contributed by atoms with Crippen LogP contribution in [0.15, 0.2) is 17.0 Å². The summed E-state index contributed by atoms with van der Waals surface area (Å²) >= 11 is 9.60. The van der Waals surface area contributed by atoms with Crippen LogP contribution in [0.1, 0.15) is 20.8 Å². The molecule has 0 spiro atoms. The highest BCUT2D eigenvalue weighted by atomic mass is 79.9. The Balaban J connectivity index is 1.76. The van der Waals surface area contributed by atoms with E-state index in [4.69, 9.17) is 16.3 Å². The zero-order valence-corrected chi connectivity index (χ0v) is 16.6. The average molecular weight is 432 g/mol. The summed E-state index contributed by atoms with van der Waals surface area (Å²) in [5.74, 6) is -0.122. The summed E-state index contributed by atoms with van der Waals surface area (Å²) in [5.41, 5.74) is 0.129. The van der Waals surface area contributed by atoms with Crippen molar-refractivity contribution in [1.29, 1.82) is 0 Å². The van der Waals surface area contributed by atoms with Crippen molar-refractivity contribution >= 4 is 44.7 Å². The molecule has 9 heteroatoms. The summed E-state index contributed by atoms with van der Waals surface area (Å²) in [5, 5.41) is 11.5. The molecule has 0 bridgehead atoms. The van der Waals surface area contributed by atoms with Crippen molar-refractivity contribution in [2.45, 2.75) is 39.0 Å². The van der Waals surface area contributed by atoms with Gasteiger partial charge in [-0.1, -0.05) is 11.6 Å². The van der Waals surface area contributed by atoms with Gasteiger partial charge in [0.25, 0.3) is 0 Å². The number of likely N-dealkylation sites (tertiary alicyclic amines) is 1. The molecule has 1 fully saturated rings. The average Bonchev–Trinajstić information content (AvgIpc) is 3.00. The number of aliphatic hydroxyl groups excluding tert-OH is 1. The second-order valence-electron chi connectivity index (χ2n) is 7.21. The second-order valence-corrected chi connectivity index (χ2v) is 8.42. The quantitative estimate of drug-likeness (QED) is 0.739. The van der Waals surface area contributed by atoms with Crippen LogP contribution in [0.4, 0.5) is 4.79 Å². The van der Waals surface area contributed by atoms with Crippen molar-refractivity contribution in [2.75, 3.05) is 13.1 Å². The van der Waals surface area contributed by atoms with Gasteiger partial charge in [0, 0.05) is 29.7 Å². The number of carbonyl (C=O) groups excluding carboxylic acids is 1. The second kappa shape index (κ2) is 6.74. The molecule has 1 N–H and O–H groups in total. The molecule has 0 unspecified atom stereocenters. The van der Waals surface area contributed by atoms with Crippen LogP contribution in [0.2, 0.25) is 5.15 Å². The molecule has 1 saturated heterocycles. The predicted octanol–water partition coefficient (Wildman–Crippen LogP) is 3.08. The summed E-state index contributed by atoms with van der Waals surface area (Å²) < 4.78 is 8.09. The third kappa shape index (κ3) is 3.91. The summed E-state index contributed by atoms with van der Waals surface area (Å²) in [4.78, 5) is 22.0. The third-order valence-corrected chi connectivity index (χ3v) is 4.94. The summed E-state index contributed by atoms with van der Waals surface area (Å²) in [6, 6.07) is 0. The third-order valence-electron chi connectivity index (χ3n) is 4.05. The molecule has 1 aliphatic heterocycles. The minimum absolute atomic E-state index is 0.122. The van der Waals surface area contributed by atoms with Crippen LogP contribution < -0.4 is 0 Å². The number of aliphatic hydroxyl groups is 1. The fourth-order valence-electron chi connectivity index (χ4n) is 2.94. The van der Waals surface area contributed by atoms with Gasteiger partial charge in [-0.3, -0.25) is 0 Å². The predicted molar refractivity (Wildman–Crippen MR) is 97.5 cm³/mol. The summed E-state index contributed by atoms with van der Waals surface area (Å²) in [6.45, 7) is 6.66. The van der Waals surface area contributed by atoms with E-state index in [9.17, 15) is 9.90 Å². The van der Waals surface area contributed by atoms with Gasteiger partial charge in [0.1, 0.15) is 22.7 Å². The van der Waals surface area contributed by atoms with Crippen molar-refractivity contribution in [3.05, 3.63) is 22.1 Å². The van der Waals surface area contributed by atoms with Gasteiger partial charge in [0.15, 0.2) is 0 Å². The Hall–Kier alpha value is -1.38. The monoisotopic (exact) mass is 430 g/mol. The molecule has 2 atom stereocenters. The van der Waals surface area contributed by atoms with Crippen LogP contribution in [-0.2, 0) is 11.3 Å². The van der Waals surface area contributed by atoms with E-state index in [0.29, 0.717) is 23.9 Å². The van der Waals surface area contributed by atoms with Crippen LogP contribution in [0.25, 0.3) is 11.0 Å². The molecule has 0 radical (unpaired) electrons. The number of rotatable bonds is 2. The van der Waals surface area contributed by atoms with Crippen molar-refractivity contribution in [3.63, 3.8) is 0 Å². The molecule has 0 aromatic carbocycles. The lowest BCUT2D eigenvalue weighted by molar-refractivity contribution is 0.0269. The van der Waals surface area contributed by atoms with Gasteiger partial charge in [-0.25, -0.2) is 14.8 Å². The Kier molecular flexibility index (Phi) is 4.96. The van der Waals surface area contributed by atoms with Gasteiger partial charge in [-0.15, -0.1) is 0 Å². The Morgan fingerprint density at radius 1 is 1.44 bits per heavy atom. The number of nitrogens with zero attached hydrogens (tertiary/aromatic N) is 4. The van der Waals surface area contributed by atoms with E-state index >= 15 is 0 Å². The number of β-amino-alcohol motifs (C(OH)–C–C–N with tert-alkyl or cyclic N) is 1. The summed E-state index contributed by atoms with van der Waals surface area (Å²) in [6.07, 6.45) is 2.25. The number of aromatic nitrogens is 3. The topological polar surface area (TPSA) is 80.5 Å². The highest BCUT2D eigenvalue weighted by Gasteiger charge is 2.36. The highest BCUT2D eigenvalue weighted by molar-refractivity contribution is 9.10. The van der Waals surface area contributed by atoms with Crippen molar-refractivity contribution < 1.29 is 14.6 Å². The molecule has 3 rings (SSSR count). The molecule has 2 aromatic heterocycles. The highest BCUT2D eigenvalue weighted by Crippen LogP contribution is 2.31. The van der Waals surface area contributed by atoms with Crippen LogP contribution >= 0.6 is 27.5 Å². The number of carbonyl (C=O) groups is 1. The maximum Gasteiger partial charge on any atom is 0.410 e. The smallest absolute Gasteiger partial charge is 0.410 e. The first-order valence-electron chi connectivity index (χ1n) is 7.96. The molecule has 0 aliphatic carbocycles. The van der Waals surface area contributed by atoms with Crippen molar-refractivity contribution in [2.24, 2.45) is 5.92 Å². The van der Waals surface area contributed by atoms with Crippen LogP contribution in [0.3, 0.4) is 0 Å². The van der Waals surface area contributed by atoms with Gasteiger partial charge in [0.05, 0.1) is 18.0 Å². The summed E-state index contributed by atoms with van der Waals surface area (Å²) in [7, 11) is 0. The van der Waals surface area contributed by atoms with Crippen LogP contribution in [0.5, 0.6) is 0 Å². The molecule has 25 heavy (non-hydrogen) atoms. The lowest BCUT2D eigenvalue weighted by Crippen LogP contribution is -2.35. The molecule has 2 aromatic rings. The van der Waals surface area contributed by atoms with E-state index in [1.165, 1.54) is 6.33 Å². The molecular weight excluding hydrogens is 412 g/mol. The van der Waals surface area contributed by atoms with Gasteiger partial charge in [-0.2, -0.15) is 0 Å². The minimum Gasteiger partial charge on any atom is -0.444 e. The van der Waals surface area contributed by atoms with Crippen molar-refractivity contribution in [3.8, 4) is 0 Å². The Morgan fingerprint density at radius 3 is 2.84 bits per heavy atom. The molecule has 7 nitrogen and oxygen atoms in total. The lowest BCUT2D eigenvalue weighted by atomic mass is 10.1. The SMILES string of the molecule is CC(C)(C)OC(=O)N1C[C@@H](Cn2cc(Br)c3c(Cl)ncnc32)[C@@H](O)C1. The zero-order valence-electron chi connectivity index (χ0n) is 14.2. The van der Waals surface area contributed by atoms with E-state index in [-0.39, 0.29) is 12.5 Å². The van der Waals surface area contributed by atoms with E-state index in [1.54, 1.807) is 4.90 Å². The largest absolute Gasteiger partial charge is 0.444 e. The maximum absolute atomic E-state index is 12.2. The van der Waals surface area contributed by atoms with Gasteiger partial charge in [0.2, 0.25) is 0 Å². The number of ether oxygens (including phenoxy) is 1. The molecule has 1 aliphatic rings. The number of halogens is 2. The molecule has 3 heterocycles. The first-order chi connectivity index (χ1) is 11.7. The normalized spacial score (nSPS) is 21.1. The van der Waals surface area contributed by atoms with Gasteiger partial charge < -0.3 is 19.3 Å². The maximum atomic E-state index is 12.2. The fraction of sp³-hybridized carbons (Fsp3) is 0.562. The zero-order chi connectivity index (χ0) is 18.4. The standard InChI is InChI=1S/C16H20BrClN4O3/c1-16(2,3)25-15(24)22-5-9(11(23)7-22)4-21-6-10(17)12-13(18)19-8-20-14(12)21/h6,8-9,11,23H,4-5,7H2,1-3H3/t9-,11+/m1/s1. The lowest BCUT2D eigenvalue weighted by Gasteiger charge is -2.24. The van der Waals surface area contributed by atoms with Crippen LogP contribution in [0, 0.1) is 5.92 Å². The Morgan fingerprint density at radius 2 is 2.16 bits per heavy atom. The number of fused-ring (bicyclic) bond motifs is 1. The van der Waals surface area contributed by atoms with Gasteiger partial charge >= 0.3 is 6.09 Å². The number of hydrogen-bond acceptors (Lipinski definition) is 5. The Bertz CT molecular complexity index is 805. The van der Waals surface area contributed by atoms with E-state index in [2.05, 4.69) is 25.9 Å². The number of amides is 1. The van der Waals surface area contributed by atoms with Gasteiger partial charge in [-0.05, 0) is 36.7 Å². The van der Waals surface area contributed by atoms with E-state index < -0.39 is 17.8 Å². The first kappa shape index (κ1) is 18.4. The molecular formula is C16H20BrClN4O3. The van der Waals surface area contributed by atoms with Crippen LogP contribution in [-0.4, -0.2) is 55.4 Å². The molecule has 1 amide bonds. The van der Waals surface area contributed by atoms with E-state index in [1.807, 2.05) is 31.5 Å². The minimum atomic E-state index is -0.624. The van der Waals surface area contributed by atoms with E-state index in [0.717, 1.165) is 9.86 Å². The first-order valence-corrected chi connectivity index (χ1v) is 9.13. The number of hydrogen-bond donors (Lipinski definition) is 1. The van der Waals surface area contributed by atoms with Crippen molar-refractivity contribution in [1.82, 2.24) is 19.4 Å².